The molecule has 2 nitrogen and oxygen atoms in total. The fourth-order valence-electron chi connectivity index (χ4n) is 0.567. The van der Waals surface area contributed by atoms with Gasteiger partial charge in [0.25, 0.3) is 0 Å². The molecule has 0 aromatic heterocycles. The van der Waals surface area contributed by atoms with E-state index in [0.29, 0.717) is 5.92 Å². The van der Waals surface area contributed by atoms with Gasteiger partial charge in [0.05, 0.1) is 0 Å². The molecule has 11 heavy (non-hydrogen) atoms. The molecule has 64 valence electrons. The molecule has 0 atom stereocenters. The Morgan fingerprint density at radius 3 is 2.45 bits per heavy atom. The molecule has 1 amide bonds. The number of carbonyl (C=O) groups excluding carboxylic acids is 1. The van der Waals surface area contributed by atoms with E-state index < -0.39 is 0 Å². The van der Waals surface area contributed by atoms with Crippen molar-refractivity contribution < 1.29 is 4.79 Å². The zero-order chi connectivity index (χ0) is 8.85. The van der Waals surface area contributed by atoms with Crippen LogP contribution in [0.15, 0.2) is 11.6 Å². The molecule has 0 heterocycles. The second kappa shape index (κ2) is 4.94. The van der Waals surface area contributed by atoms with Crippen molar-refractivity contribution in [1.82, 2.24) is 5.32 Å². The maximum atomic E-state index is 11.1. The van der Waals surface area contributed by atoms with Crippen molar-refractivity contribution in [2.75, 3.05) is 6.54 Å². The van der Waals surface area contributed by atoms with Crippen molar-refractivity contribution in [3.05, 3.63) is 11.6 Å². The summed E-state index contributed by atoms with van der Waals surface area (Å²) in [4.78, 5) is 11.1. The predicted octanol–water partition coefficient (Wildman–Crippen LogP) is 1.72. The SMILES string of the molecule is C/C=C(\C)C(=O)NCC(C)C. The smallest absolute Gasteiger partial charge is 0.246 e. The summed E-state index contributed by atoms with van der Waals surface area (Å²) < 4.78 is 0. The van der Waals surface area contributed by atoms with Crippen LogP contribution in [0.5, 0.6) is 0 Å². The fourth-order valence-corrected chi connectivity index (χ4v) is 0.567. The quantitative estimate of drug-likeness (QED) is 0.618. The summed E-state index contributed by atoms with van der Waals surface area (Å²) in [7, 11) is 0. The van der Waals surface area contributed by atoms with Crippen LogP contribution in [0.3, 0.4) is 0 Å². The van der Waals surface area contributed by atoms with Gasteiger partial charge < -0.3 is 5.32 Å². The first-order chi connectivity index (χ1) is 5.07. The van der Waals surface area contributed by atoms with Gasteiger partial charge in [0.2, 0.25) is 5.91 Å². The van der Waals surface area contributed by atoms with E-state index in [1.165, 1.54) is 0 Å². The zero-order valence-electron chi connectivity index (χ0n) is 7.77. The summed E-state index contributed by atoms with van der Waals surface area (Å²) in [6, 6.07) is 0. The minimum atomic E-state index is 0.0428. The highest BCUT2D eigenvalue weighted by atomic mass is 16.1. The van der Waals surface area contributed by atoms with Crippen molar-refractivity contribution in [3.63, 3.8) is 0 Å². The molecule has 0 unspecified atom stereocenters. The number of nitrogens with one attached hydrogen (secondary N) is 1. The number of carbonyl (C=O) groups is 1. The summed E-state index contributed by atoms with van der Waals surface area (Å²) in [5.41, 5.74) is 0.783. The largest absolute Gasteiger partial charge is 0.352 e. The first-order valence-electron chi connectivity index (χ1n) is 3.99. The highest BCUT2D eigenvalue weighted by molar-refractivity contribution is 5.92. The normalized spacial score (nSPS) is 11.9. The lowest BCUT2D eigenvalue weighted by atomic mass is 10.2. The van der Waals surface area contributed by atoms with E-state index in [1.54, 1.807) is 0 Å². The average molecular weight is 155 g/mol. The average Bonchev–Trinajstić information content (AvgIpc) is 1.98. The Bertz CT molecular complexity index is 159. The van der Waals surface area contributed by atoms with Crippen LogP contribution in [-0.4, -0.2) is 12.5 Å². The molecule has 0 spiro atoms. The molecule has 2 heteroatoms. The van der Waals surface area contributed by atoms with Crippen LogP contribution in [0.2, 0.25) is 0 Å². The van der Waals surface area contributed by atoms with Crippen LogP contribution >= 0.6 is 0 Å². The second-order valence-electron chi connectivity index (χ2n) is 3.08. The molecule has 0 aliphatic heterocycles. The number of hydrogen-bond donors (Lipinski definition) is 1. The molecule has 0 rings (SSSR count). The monoisotopic (exact) mass is 155 g/mol. The Kier molecular flexibility index (Phi) is 4.59. The minimum absolute atomic E-state index is 0.0428. The van der Waals surface area contributed by atoms with Gasteiger partial charge in [0.15, 0.2) is 0 Å². The van der Waals surface area contributed by atoms with Gasteiger partial charge in [0, 0.05) is 12.1 Å². The van der Waals surface area contributed by atoms with Crippen molar-refractivity contribution in [3.8, 4) is 0 Å². The van der Waals surface area contributed by atoms with Crippen molar-refractivity contribution in [2.45, 2.75) is 27.7 Å². The predicted molar refractivity (Wildman–Crippen MR) is 47.3 cm³/mol. The van der Waals surface area contributed by atoms with Crippen LogP contribution in [0, 0.1) is 5.92 Å². The first kappa shape index (κ1) is 10.2. The molecule has 0 saturated heterocycles. The Hall–Kier alpha value is -0.790. The van der Waals surface area contributed by atoms with Gasteiger partial charge in [-0.15, -0.1) is 0 Å². The Morgan fingerprint density at radius 1 is 1.55 bits per heavy atom. The van der Waals surface area contributed by atoms with Crippen LogP contribution < -0.4 is 5.32 Å². The Labute approximate surface area is 68.7 Å². The van der Waals surface area contributed by atoms with Gasteiger partial charge >= 0.3 is 0 Å². The summed E-state index contributed by atoms with van der Waals surface area (Å²) >= 11 is 0. The van der Waals surface area contributed by atoms with E-state index in [-0.39, 0.29) is 5.91 Å². The molecule has 0 saturated carbocycles. The van der Waals surface area contributed by atoms with E-state index in [0.717, 1.165) is 12.1 Å². The van der Waals surface area contributed by atoms with Gasteiger partial charge in [-0.1, -0.05) is 19.9 Å². The van der Waals surface area contributed by atoms with Crippen LogP contribution in [0.1, 0.15) is 27.7 Å². The third-order valence-corrected chi connectivity index (χ3v) is 1.46. The van der Waals surface area contributed by atoms with Crippen LogP contribution in [0.25, 0.3) is 0 Å². The highest BCUT2D eigenvalue weighted by Crippen LogP contribution is 1.93. The van der Waals surface area contributed by atoms with E-state index in [9.17, 15) is 4.79 Å². The highest BCUT2D eigenvalue weighted by Gasteiger charge is 2.01. The second-order valence-corrected chi connectivity index (χ2v) is 3.08. The molecule has 0 fully saturated rings. The maximum absolute atomic E-state index is 11.1. The lowest BCUT2D eigenvalue weighted by Crippen LogP contribution is -2.27. The van der Waals surface area contributed by atoms with Crippen molar-refractivity contribution in [1.29, 1.82) is 0 Å². The third-order valence-electron chi connectivity index (χ3n) is 1.46. The molecular weight excluding hydrogens is 138 g/mol. The number of hydrogen-bond acceptors (Lipinski definition) is 1. The topological polar surface area (TPSA) is 29.1 Å². The third kappa shape index (κ3) is 4.59. The van der Waals surface area contributed by atoms with Crippen LogP contribution in [-0.2, 0) is 4.79 Å². The molecule has 0 aliphatic carbocycles. The fraction of sp³-hybridized carbons (Fsp3) is 0.667. The van der Waals surface area contributed by atoms with E-state index in [2.05, 4.69) is 19.2 Å². The molecule has 0 bridgehead atoms. The van der Waals surface area contributed by atoms with Gasteiger partial charge in [-0.25, -0.2) is 0 Å². The molecular formula is C9H17NO. The number of rotatable bonds is 3. The maximum Gasteiger partial charge on any atom is 0.246 e. The lowest BCUT2D eigenvalue weighted by molar-refractivity contribution is -0.117. The molecule has 1 N–H and O–H groups in total. The van der Waals surface area contributed by atoms with Gasteiger partial charge in [-0.3, -0.25) is 4.79 Å². The molecule has 0 aromatic rings. The minimum Gasteiger partial charge on any atom is -0.352 e. The molecule has 0 aliphatic rings. The van der Waals surface area contributed by atoms with Gasteiger partial charge in [-0.05, 0) is 19.8 Å². The molecule has 0 aromatic carbocycles. The summed E-state index contributed by atoms with van der Waals surface area (Å²) in [6.45, 7) is 8.58. The van der Waals surface area contributed by atoms with E-state index in [4.69, 9.17) is 0 Å². The summed E-state index contributed by atoms with van der Waals surface area (Å²) in [5, 5.41) is 2.83. The Morgan fingerprint density at radius 2 is 2.09 bits per heavy atom. The summed E-state index contributed by atoms with van der Waals surface area (Å²) in [6.07, 6.45) is 1.82. The lowest BCUT2D eigenvalue weighted by Gasteiger charge is -2.06. The van der Waals surface area contributed by atoms with E-state index in [1.807, 2.05) is 19.9 Å². The number of amides is 1. The van der Waals surface area contributed by atoms with Crippen molar-refractivity contribution >= 4 is 5.91 Å². The van der Waals surface area contributed by atoms with Gasteiger partial charge in [0.1, 0.15) is 0 Å². The number of allylic oxidation sites excluding steroid dienone is 1. The zero-order valence-corrected chi connectivity index (χ0v) is 7.77. The van der Waals surface area contributed by atoms with Gasteiger partial charge in [-0.2, -0.15) is 0 Å². The molecule has 0 radical (unpaired) electrons. The standard InChI is InChI=1S/C9H17NO/c1-5-8(4)9(11)10-6-7(2)3/h5,7H,6H2,1-4H3,(H,10,11)/b8-5+. The Balaban J connectivity index is 3.71. The van der Waals surface area contributed by atoms with Crippen molar-refractivity contribution in [2.24, 2.45) is 5.92 Å². The summed E-state index contributed by atoms with van der Waals surface area (Å²) in [5.74, 6) is 0.560. The van der Waals surface area contributed by atoms with Crippen LogP contribution in [0.4, 0.5) is 0 Å². The first-order valence-corrected chi connectivity index (χ1v) is 3.99. The van der Waals surface area contributed by atoms with E-state index >= 15 is 0 Å².